The van der Waals surface area contributed by atoms with Gasteiger partial charge in [0.25, 0.3) is 0 Å². The van der Waals surface area contributed by atoms with Gasteiger partial charge in [0.15, 0.2) is 0 Å². The van der Waals surface area contributed by atoms with E-state index in [4.69, 9.17) is 10.2 Å². The maximum atomic E-state index is 11.1. The average Bonchev–Trinajstić information content (AvgIpc) is 2.63. The number of unbranched alkanes of at least 4 members (excludes halogenated alkanes) is 18. The number of rotatable bonds is 21. The van der Waals surface area contributed by atoms with Gasteiger partial charge in [-0.05, 0) is 6.42 Å². The first-order valence-electron chi connectivity index (χ1n) is 11.7. The first kappa shape index (κ1) is 26.4. The lowest BCUT2D eigenvalue weighted by molar-refractivity contribution is -0.229. The Morgan fingerprint density at radius 3 is 1.19 bits per heavy atom. The Kier molecular flexibility index (Phi) is 21.2. The molecule has 0 saturated heterocycles. The highest BCUT2D eigenvalue weighted by Gasteiger charge is 2.06. The summed E-state index contributed by atoms with van der Waals surface area (Å²) >= 11 is 0. The van der Waals surface area contributed by atoms with Crippen LogP contribution in [0.4, 0.5) is 0 Å². The Hall–Kier alpha value is -0.610. The Balaban J connectivity index is 3.06. The number of aliphatic hydroxyl groups excluding tert-OH is 1. The number of esters is 1. The van der Waals surface area contributed by atoms with E-state index in [-0.39, 0.29) is 6.42 Å². The molecule has 0 bridgehead atoms. The van der Waals surface area contributed by atoms with Crippen molar-refractivity contribution in [2.75, 3.05) is 0 Å². The van der Waals surface area contributed by atoms with Gasteiger partial charge >= 0.3 is 12.4 Å². The van der Waals surface area contributed by atoms with Crippen molar-refractivity contribution >= 4 is 5.97 Å². The number of hydrogen-bond donors (Lipinski definition) is 2. The number of aliphatic hydroxyl groups is 2. The molecular weight excluding hydrogens is 340 g/mol. The molecule has 0 unspecified atom stereocenters. The van der Waals surface area contributed by atoms with Gasteiger partial charge in [0.1, 0.15) is 0 Å². The van der Waals surface area contributed by atoms with Gasteiger partial charge in [-0.3, -0.25) is 4.79 Å². The third kappa shape index (κ3) is 23.4. The van der Waals surface area contributed by atoms with Crippen molar-refractivity contribution in [3.05, 3.63) is 0 Å². The lowest BCUT2D eigenvalue weighted by atomic mass is 10.0. The van der Waals surface area contributed by atoms with E-state index in [2.05, 4.69) is 11.7 Å². The summed E-state index contributed by atoms with van der Waals surface area (Å²) in [6, 6.07) is 0. The smallest absolute Gasteiger partial charge is 0.313 e. The van der Waals surface area contributed by atoms with Crippen LogP contribution in [0.15, 0.2) is 0 Å². The van der Waals surface area contributed by atoms with E-state index >= 15 is 0 Å². The molecule has 0 atom stereocenters. The molecule has 27 heavy (non-hydrogen) atoms. The van der Waals surface area contributed by atoms with E-state index in [1.54, 1.807) is 0 Å². The molecule has 162 valence electrons. The lowest BCUT2D eigenvalue weighted by Crippen LogP contribution is -2.16. The SMILES string of the molecule is CCCCCCCCCCCCCCCCCCCCCC(=O)OC(O)O. The second-order valence-electron chi connectivity index (χ2n) is 7.93. The summed E-state index contributed by atoms with van der Waals surface area (Å²) in [5.41, 5.74) is 0. The molecule has 2 N–H and O–H groups in total. The standard InChI is InChI=1S/C23H46O4/c1-2-3-4-5-6-7-8-9-10-11-12-13-14-15-16-17-18-19-20-21-22(24)27-23(25)26/h23,25-26H,2-21H2,1H3. The van der Waals surface area contributed by atoms with Crippen molar-refractivity contribution in [2.24, 2.45) is 0 Å². The van der Waals surface area contributed by atoms with Gasteiger partial charge in [0, 0.05) is 6.42 Å². The fourth-order valence-electron chi connectivity index (χ4n) is 3.52. The highest BCUT2D eigenvalue weighted by atomic mass is 16.7. The molecule has 0 aromatic rings. The monoisotopic (exact) mass is 386 g/mol. The first-order valence-corrected chi connectivity index (χ1v) is 11.7. The van der Waals surface area contributed by atoms with Crippen LogP contribution in [0.3, 0.4) is 0 Å². The van der Waals surface area contributed by atoms with Gasteiger partial charge in [-0.15, -0.1) is 0 Å². The van der Waals surface area contributed by atoms with Crippen LogP contribution in [0, 0.1) is 0 Å². The van der Waals surface area contributed by atoms with Crippen LogP contribution in [0.25, 0.3) is 0 Å². The minimum Gasteiger partial charge on any atom is -0.411 e. The highest BCUT2D eigenvalue weighted by Crippen LogP contribution is 2.14. The Labute approximate surface area is 168 Å². The van der Waals surface area contributed by atoms with Gasteiger partial charge in [0.05, 0.1) is 0 Å². The van der Waals surface area contributed by atoms with E-state index in [0.29, 0.717) is 0 Å². The zero-order valence-corrected chi connectivity index (χ0v) is 17.9. The zero-order chi connectivity index (χ0) is 20.0. The predicted octanol–water partition coefficient (Wildman–Crippen LogP) is 6.62. The van der Waals surface area contributed by atoms with E-state index in [0.717, 1.165) is 19.3 Å². The molecule has 0 aliphatic rings. The maximum Gasteiger partial charge on any atom is 0.313 e. The molecule has 0 aromatic carbocycles. The number of hydrogen-bond acceptors (Lipinski definition) is 4. The second-order valence-corrected chi connectivity index (χ2v) is 7.93. The minimum atomic E-state index is -1.97. The summed E-state index contributed by atoms with van der Waals surface area (Å²) in [6.45, 7) is 0.302. The quantitative estimate of drug-likeness (QED) is 0.132. The zero-order valence-electron chi connectivity index (χ0n) is 17.9. The molecule has 4 nitrogen and oxygen atoms in total. The summed E-state index contributed by atoms with van der Waals surface area (Å²) in [4.78, 5) is 11.1. The summed E-state index contributed by atoms with van der Waals surface area (Å²) in [5, 5.41) is 17.0. The molecule has 0 saturated carbocycles. The summed E-state index contributed by atoms with van der Waals surface area (Å²) in [6.07, 6.45) is 25.4. The molecule has 0 amide bonds. The maximum absolute atomic E-state index is 11.1. The van der Waals surface area contributed by atoms with Crippen LogP contribution in [0.5, 0.6) is 0 Å². The van der Waals surface area contributed by atoms with Crippen LogP contribution in [-0.4, -0.2) is 22.7 Å². The summed E-state index contributed by atoms with van der Waals surface area (Å²) < 4.78 is 4.26. The summed E-state index contributed by atoms with van der Waals surface area (Å²) in [7, 11) is 0. The normalized spacial score (nSPS) is 11.3. The van der Waals surface area contributed by atoms with E-state index in [9.17, 15) is 4.79 Å². The Morgan fingerprint density at radius 2 is 0.889 bits per heavy atom. The van der Waals surface area contributed by atoms with Crippen LogP contribution in [0.1, 0.15) is 135 Å². The van der Waals surface area contributed by atoms with E-state index in [1.165, 1.54) is 103 Å². The van der Waals surface area contributed by atoms with Crippen LogP contribution >= 0.6 is 0 Å². The molecule has 0 aliphatic carbocycles. The van der Waals surface area contributed by atoms with Gasteiger partial charge in [-0.1, -0.05) is 122 Å². The van der Waals surface area contributed by atoms with Gasteiger partial charge in [-0.2, -0.15) is 0 Å². The molecule has 0 heterocycles. The second kappa shape index (κ2) is 21.7. The lowest BCUT2D eigenvalue weighted by Gasteiger charge is -2.05. The number of carbonyl (C=O) groups excluding carboxylic acids is 1. The van der Waals surface area contributed by atoms with E-state index in [1.807, 2.05) is 0 Å². The van der Waals surface area contributed by atoms with Crippen molar-refractivity contribution in [3.8, 4) is 0 Å². The molecule has 0 aromatic heterocycles. The third-order valence-electron chi connectivity index (χ3n) is 5.22. The van der Waals surface area contributed by atoms with Crippen molar-refractivity contribution in [1.29, 1.82) is 0 Å². The van der Waals surface area contributed by atoms with Crippen LogP contribution in [-0.2, 0) is 9.53 Å². The molecule has 4 heteroatoms. The molecule has 0 spiro atoms. The minimum absolute atomic E-state index is 0.274. The number of carbonyl (C=O) groups is 1. The fourth-order valence-corrected chi connectivity index (χ4v) is 3.52. The largest absolute Gasteiger partial charge is 0.411 e. The average molecular weight is 387 g/mol. The Morgan fingerprint density at radius 1 is 0.593 bits per heavy atom. The topological polar surface area (TPSA) is 66.8 Å². The fraction of sp³-hybridized carbons (Fsp3) is 0.957. The van der Waals surface area contributed by atoms with Crippen molar-refractivity contribution in [1.82, 2.24) is 0 Å². The summed E-state index contributed by atoms with van der Waals surface area (Å²) in [5.74, 6) is -0.531. The van der Waals surface area contributed by atoms with Gasteiger partial charge < -0.3 is 14.9 Å². The predicted molar refractivity (Wildman–Crippen MR) is 112 cm³/mol. The van der Waals surface area contributed by atoms with Crippen LogP contribution in [0.2, 0.25) is 0 Å². The molecule has 0 radical (unpaired) electrons. The third-order valence-corrected chi connectivity index (χ3v) is 5.22. The molecular formula is C23H46O4. The number of ether oxygens (including phenoxy) is 1. The molecule has 0 aliphatic heterocycles. The van der Waals surface area contributed by atoms with Gasteiger partial charge in [-0.25, -0.2) is 0 Å². The van der Waals surface area contributed by atoms with Crippen molar-refractivity contribution in [3.63, 3.8) is 0 Å². The van der Waals surface area contributed by atoms with Gasteiger partial charge in [0.2, 0.25) is 0 Å². The van der Waals surface area contributed by atoms with Crippen molar-refractivity contribution in [2.45, 2.75) is 142 Å². The van der Waals surface area contributed by atoms with Crippen molar-refractivity contribution < 1.29 is 19.7 Å². The Bertz CT molecular complexity index is 305. The van der Waals surface area contributed by atoms with E-state index < -0.39 is 12.4 Å². The highest BCUT2D eigenvalue weighted by molar-refractivity contribution is 5.69. The molecule has 0 fully saturated rings. The van der Waals surface area contributed by atoms with Crippen LogP contribution < -0.4 is 0 Å². The first-order chi connectivity index (χ1) is 13.2. The molecule has 0 rings (SSSR count).